The molecular formula is C18H18Cl2FN2O3P. The lowest BCUT2D eigenvalue weighted by Crippen LogP contribution is -2.20. The number of primary amides is 1. The van der Waals surface area contributed by atoms with Crippen LogP contribution < -0.4 is 16.3 Å². The van der Waals surface area contributed by atoms with Gasteiger partial charge >= 0.3 is 0 Å². The van der Waals surface area contributed by atoms with Gasteiger partial charge < -0.3 is 15.2 Å². The molecule has 1 atom stereocenters. The topological polar surface area (TPSA) is 85.2 Å². The molecule has 1 unspecified atom stereocenters. The predicted molar refractivity (Wildman–Crippen MR) is 108 cm³/mol. The molecule has 144 valence electrons. The van der Waals surface area contributed by atoms with Crippen molar-refractivity contribution in [2.45, 2.75) is 13.8 Å². The number of hydrogen-bond donors (Lipinski definition) is 2. The second kappa shape index (κ2) is 8.44. The Bertz CT molecular complexity index is 1030. The SMILES string of the molecule is COP(=O)(c1cc(C)cc(Cl)c1)c1c(C)[nH]c2ccc(Cl)c(F)c12.NC=O. The Morgan fingerprint density at radius 3 is 2.41 bits per heavy atom. The van der Waals surface area contributed by atoms with Crippen molar-refractivity contribution >= 4 is 58.5 Å². The molecule has 1 aromatic heterocycles. The molecule has 3 rings (SSSR count). The number of nitrogens with two attached hydrogens (primary N) is 1. The van der Waals surface area contributed by atoms with Crippen LogP contribution in [0.25, 0.3) is 10.9 Å². The van der Waals surface area contributed by atoms with Crippen LogP contribution >= 0.6 is 30.6 Å². The Hall–Kier alpha value is -1.85. The van der Waals surface area contributed by atoms with Gasteiger partial charge in [0.1, 0.15) is 0 Å². The van der Waals surface area contributed by atoms with E-state index < -0.39 is 13.2 Å². The van der Waals surface area contributed by atoms with Gasteiger partial charge in [-0.1, -0.05) is 23.2 Å². The first-order valence-electron chi connectivity index (χ1n) is 7.75. The molecule has 5 nitrogen and oxygen atoms in total. The first-order valence-corrected chi connectivity index (χ1v) is 10.1. The monoisotopic (exact) mass is 430 g/mol. The molecule has 9 heteroatoms. The van der Waals surface area contributed by atoms with E-state index in [-0.39, 0.29) is 22.1 Å². The quantitative estimate of drug-likeness (QED) is 0.482. The Labute approximate surface area is 166 Å². The largest absolute Gasteiger partial charge is 0.372 e. The molecule has 3 aromatic rings. The first kappa shape index (κ1) is 21.5. The zero-order valence-electron chi connectivity index (χ0n) is 14.8. The number of nitrogens with one attached hydrogen (secondary N) is 1. The third-order valence-corrected chi connectivity index (χ3v) is 7.04. The maximum atomic E-state index is 14.7. The molecule has 2 aromatic carbocycles. The molecule has 0 saturated carbocycles. The van der Waals surface area contributed by atoms with Crippen LogP contribution in [0.2, 0.25) is 10.0 Å². The van der Waals surface area contributed by atoms with Crippen molar-refractivity contribution in [2.75, 3.05) is 7.11 Å². The van der Waals surface area contributed by atoms with E-state index in [9.17, 15) is 8.96 Å². The Morgan fingerprint density at radius 1 is 1.22 bits per heavy atom. The van der Waals surface area contributed by atoms with Crippen LogP contribution in [0.15, 0.2) is 30.3 Å². The fraction of sp³-hybridized carbons (Fsp3) is 0.167. The maximum absolute atomic E-state index is 14.7. The normalized spacial score (nSPS) is 13.0. The average molecular weight is 431 g/mol. The van der Waals surface area contributed by atoms with Gasteiger partial charge in [0.25, 0.3) is 7.37 Å². The third-order valence-electron chi connectivity index (χ3n) is 3.93. The molecule has 0 fully saturated rings. The fourth-order valence-electron chi connectivity index (χ4n) is 2.92. The first-order chi connectivity index (χ1) is 12.7. The van der Waals surface area contributed by atoms with Gasteiger partial charge in [-0.2, -0.15) is 0 Å². The number of benzene rings is 2. The molecule has 0 aliphatic heterocycles. The third kappa shape index (κ3) is 4.04. The van der Waals surface area contributed by atoms with E-state index in [2.05, 4.69) is 10.7 Å². The van der Waals surface area contributed by atoms with Gasteiger partial charge in [-0.15, -0.1) is 0 Å². The molecular weight excluding hydrogens is 413 g/mol. The predicted octanol–water partition coefficient (Wildman–Crippen LogP) is 4.21. The van der Waals surface area contributed by atoms with E-state index in [4.69, 9.17) is 32.5 Å². The van der Waals surface area contributed by atoms with Crippen LogP contribution in [0, 0.1) is 19.7 Å². The molecule has 27 heavy (non-hydrogen) atoms. The lowest BCUT2D eigenvalue weighted by atomic mass is 10.2. The summed E-state index contributed by atoms with van der Waals surface area (Å²) in [4.78, 5) is 11.6. The lowest BCUT2D eigenvalue weighted by Gasteiger charge is -2.18. The summed E-state index contributed by atoms with van der Waals surface area (Å²) in [6, 6.07) is 8.18. The molecule has 0 aliphatic carbocycles. The molecule has 0 saturated heterocycles. The van der Waals surface area contributed by atoms with E-state index in [1.165, 1.54) is 13.2 Å². The Balaban J connectivity index is 0.000000817. The molecule has 0 aliphatic rings. The molecule has 1 heterocycles. The highest BCUT2D eigenvalue weighted by Crippen LogP contribution is 2.48. The molecule has 0 spiro atoms. The van der Waals surface area contributed by atoms with Crippen LogP contribution in [0.4, 0.5) is 4.39 Å². The van der Waals surface area contributed by atoms with Crippen molar-refractivity contribution in [1.29, 1.82) is 0 Å². The molecule has 0 bridgehead atoms. The highest BCUT2D eigenvalue weighted by Gasteiger charge is 2.34. The summed E-state index contributed by atoms with van der Waals surface area (Å²) in [5, 5.41) is 1.29. The van der Waals surface area contributed by atoms with Crippen molar-refractivity contribution in [2.24, 2.45) is 5.73 Å². The number of H-pyrrole nitrogens is 1. The number of halogens is 3. The van der Waals surface area contributed by atoms with Gasteiger partial charge in [-0.25, -0.2) is 4.39 Å². The minimum Gasteiger partial charge on any atom is -0.372 e. The van der Waals surface area contributed by atoms with Gasteiger partial charge in [0.05, 0.1) is 15.7 Å². The number of rotatable bonds is 3. The second-order valence-corrected chi connectivity index (χ2v) is 9.01. The lowest BCUT2D eigenvalue weighted by molar-refractivity contribution is -0.106. The summed E-state index contributed by atoms with van der Waals surface area (Å²) in [6.07, 6.45) is 0.250. The summed E-state index contributed by atoms with van der Waals surface area (Å²) in [6.45, 7) is 3.57. The van der Waals surface area contributed by atoms with Crippen molar-refractivity contribution < 1.29 is 18.3 Å². The second-order valence-electron chi connectivity index (χ2n) is 5.74. The summed E-state index contributed by atoms with van der Waals surface area (Å²) in [7, 11) is -2.21. The fourth-order valence-corrected chi connectivity index (χ4v) is 5.78. The van der Waals surface area contributed by atoms with Crippen molar-refractivity contribution in [3.63, 3.8) is 0 Å². The Kier molecular flexibility index (Phi) is 6.71. The number of carbonyl (C=O) groups excluding carboxylic acids is 1. The van der Waals surface area contributed by atoms with Gasteiger partial charge in [-0.05, 0) is 49.7 Å². The van der Waals surface area contributed by atoms with E-state index in [1.807, 2.05) is 6.92 Å². The smallest absolute Gasteiger partial charge is 0.263 e. The van der Waals surface area contributed by atoms with Gasteiger partial charge in [-0.3, -0.25) is 9.36 Å². The highest BCUT2D eigenvalue weighted by atomic mass is 35.5. The highest BCUT2D eigenvalue weighted by molar-refractivity contribution is 7.75. The number of fused-ring (bicyclic) bond motifs is 1. The number of aryl methyl sites for hydroxylation is 2. The zero-order chi connectivity index (χ0) is 20.4. The molecule has 1 amide bonds. The summed E-state index contributed by atoms with van der Waals surface area (Å²) >= 11 is 12.0. The number of amides is 1. The molecule has 3 N–H and O–H groups in total. The minimum atomic E-state index is -3.56. The van der Waals surface area contributed by atoms with Crippen molar-refractivity contribution in [3.8, 4) is 0 Å². The Morgan fingerprint density at radius 2 is 1.85 bits per heavy atom. The van der Waals surface area contributed by atoms with Crippen LogP contribution in [0.5, 0.6) is 0 Å². The van der Waals surface area contributed by atoms with Crippen molar-refractivity contribution in [3.05, 3.63) is 57.5 Å². The van der Waals surface area contributed by atoms with Gasteiger partial charge in [0.15, 0.2) is 5.82 Å². The maximum Gasteiger partial charge on any atom is 0.263 e. The van der Waals surface area contributed by atoms with Crippen LogP contribution in [-0.2, 0) is 13.9 Å². The summed E-state index contributed by atoms with van der Waals surface area (Å²) < 4.78 is 33.8. The van der Waals surface area contributed by atoms with Crippen LogP contribution in [0.3, 0.4) is 0 Å². The van der Waals surface area contributed by atoms with E-state index in [0.717, 1.165) is 5.56 Å². The number of aromatic nitrogens is 1. The van der Waals surface area contributed by atoms with E-state index in [1.54, 1.807) is 31.2 Å². The number of aromatic amines is 1. The molecule has 0 radical (unpaired) electrons. The average Bonchev–Trinajstić information content (AvgIpc) is 2.95. The number of carbonyl (C=O) groups is 1. The van der Waals surface area contributed by atoms with E-state index >= 15 is 0 Å². The van der Waals surface area contributed by atoms with Crippen LogP contribution in [0.1, 0.15) is 11.3 Å². The van der Waals surface area contributed by atoms with Gasteiger partial charge in [0, 0.05) is 28.6 Å². The summed E-state index contributed by atoms with van der Waals surface area (Å²) in [5.41, 5.74) is 6.08. The minimum absolute atomic E-state index is 0.0346. The standard InChI is InChI=1S/C17H15Cl2FNO2P.CH3NO/c1-9-6-11(18)8-12(7-9)24(22,23-3)17-10(2)21-14-5-4-13(19)16(20)15(14)17;2-1-3/h4-8,21H,1-3H3;1H,(H2,2,3). The zero-order valence-corrected chi connectivity index (χ0v) is 17.3. The summed E-state index contributed by atoms with van der Waals surface area (Å²) in [5.74, 6) is -0.621. The van der Waals surface area contributed by atoms with Crippen LogP contribution in [-0.4, -0.2) is 18.5 Å². The van der Waals surface area contributed by atoms with E-state index in [0.29, 0.717) is 21.5 Å². The number of hydrogen-bond acceptors (Lipinski definition) is 3. The van der Waals surface area contributed by atoms with Crippen molar-refractivity contribution in [1.82, 2.24) is 4.98 Å². The van der Waals surface area contributed by atoms with Gasteiger partial charge in [0.2, 0.25) is 6.41 Å².